The van der Waals surface area contributed by atoms with Gasteiger partial charge in [0.2, 0.25) is 0 Å². The molecule has 1 aliphatic carbocycles. The Morgan fingerprint density at radius 1 is 1.33 bits per heavy atom. The highest BCUT2D eigenvalue weighted by atomic mass is 19.1. The Bertz CT molecular complexity index is 291. The summed E-state index contributed by atoms with van der Waals surface area (Å²) >= 11 is 0. The van der Waals surface area contributed by atoms with Crippen LogP contribution in [-0.2, 0) is 4.79 Å². The lowest BCUT2D eigenvalue weighted by Gasteiger charge is -1.95. The molecule has 2 atom stereocenters. The third-order valence-corrected chi connectivity index (χ3v) is 2.31. The van der Waals surface area contributed by atoms with Gasteiger partial charge in [0.15, 0.2) is 0 Å². The molecule has 0 radical (unpaired) electrons. The highest BCUT2D eigenvalue weighted by Gasteiger charge is 2.37. The smallest absolute Gasteiger partial charge is 0.123 e. The van der Waals surface area contributed by atoms with Gasteiger partial charge in [-0.05, 0) is 30.0 Å². The Balaban J connectivity index is 2.15. The highest BCUT2D eigenvalue weighted by Crippen LogP contribution is 2.45. The zero-order chi connectivity index (χ0) is 8.55. The minimum Gasteiger partial charge on any atom is -0.303 e. The molecule has 1 aromatic carbocycles. The fraction of sp³-hybridized carbons (Fsp3) is 0.300. The van der Waals surface area contributed by atoms with Crippen LogP contribution in [0.3, 0.4) is 0 Å². The zero-order valence-corrected chi connectivity index (χ0v) is 6.53. The molecule has 0 saturated heterocycles. The number of rotatable bonds is 2. The summed E-state index contributed by atoms with van der Waals surface area (Å²) in [6.07, 6.45) is 1.91. The van der Waals surface area contributed by atoms with E-state index in [0.717, 1.165) is 18.3 Å². The highest BCUT2D eigenvalue weighted by molar-refractivity contribution is 5.61. The monoisotopic (exact) mass is 164 g/mol. The van der Waals surface area contributed by atoms with E-state index in [0.29, 0.717) is 5.92 Å². The molecule has 0 amide bonds. The standard InChI is InChI=1S/C10H9FO/c11-9-3-1-7(2-4-9)10-5-8(10)6-12/h1-4,6,8,10H,5H2. The van der Waals surface area contributed by atoms with Gasteiger partial charge in [0.25, 0.3) is 0 Å². The SMILES string of the molecule is O=CC1CC1c1ccc(F)cc1. The molecule has 1 saturated carbocycles. The van der Waals surface area contributed by atoms with Crippen molar-refractivity contribution >= 4 is 6.29 Å². The lowest BCUT2D eigenvalue weighted by Crippen LogP contribution is -1.84. The number of benzene rings is 1. The first-order chi connectivity index (χ1) is 5.81. The van der Waals surface area contributed by atoms with Gasteiger partial charge < -0.3 is 4.79 Å². The van der Waals surface area contributed by atoms with Crippen molar-refractivity contribution in [3.63, 3.8) is 0 Å². The van der Waals surface area contributed by atoms with Gasteiger partial charge in [-0.2, -0.15) is 0 Å². The van der Waals surface area contributed by atoms with E-state index >= 15 is 0 Å². The summed E-state index contributed by atoms with van der Waals surface area (Å²) in [4.78, 5) is 10.3. The van der Waals surface area contributed by atoms with E-state index in [1.54, 1.807) is 12.1 Å². The summed E-state index contributed by atoms with van der Waals surface area (Å²) in [5.41, 5.74) is 1.08. The fourth-order valence-corrected chi connectivity index (χ4v) is 1.46. The Morgan fingerprint density at radius 3 is 2.50 bits per heavy atom. The molecule has 0 bridgehead atoms. The molecule has 1 fully saturated rings. The molecule has 0 aliphatic heterocycles. The summed E-state index contributed by atoms with van der Waals surface area (Å²) in [6, 6.07) is 6.39. The van der Waals surface area contributed by atoms with E-state index in [9.17, 15) is 9.18 Å². The second-order valence-corrected chi connectivity index (χ2v) is 3.19. The summed E-state index contributed by atoms with van der Waals surface area (Å²) in [7, 11) is 0. The van der Waals surface area contributed by atoms with Gasteiger partial charge in [0, 0.05) is 5.92 Å². The number of carbonyl (C=O) groups excluding carboxylic acids is 1. The predicted octanol–water partition coefficient (Wildman–Crippen LogP) is 2.13. The van der Waals surface area contributed by atoms with Gasteiger partial charge in [-0.3, -0.25) is 0 Å². The molecule has 2 rings (SSSR count). The quantitative estimate of drug-likeness (QED) is 0.612. The Hall–Kier alpha value is -1.18. The van der Waals surface area contributed by atoms with Crippen LogP contribution >= 0.6 is 0 Å². The molecular formula is C10H9FO. The summed E-state index contributed by atoms with van der Waals surface area (Å²) < 4.78 is 12.5. The number of hydrogen-bond donors (Lipinski definition) is 0. The van der Waals surface area contributed by atoms with E-state index < -0.39 is 0 Å². The lowest BCUT2D eigenvalue weighted by atomic mass is 10.1. The van der Waals surface area contributed by atoms with Crippen molar-refractivity contribution in [2.75, 3.05) is 0 Å². The minimum absolute atomic E-state index is 0.176. The predicted molar refractivity (Wildman–Crippen MR) is 43.3 cm³/mol. The molecule has 1 aromatic rings. The van der Waals surface area contributed by atoms with Gasteiger partial charge in [-0.25, -0.2) is 4.39 Å². The molecular weight excluding hydrogens is 155 g/mol. The van der Waals surface area contributed by atoms with Crippen LogP contribution in [0.5, 0.6) is 0 Å². The first-order valence-electron chi connectivity index (χ1n) is 4.02. The summed E-state index contributed by atoms with van der Waals surface area (Å²) in [5, 5.41) is 0. The van der Waals surface area contributed by atoms with Crippen LogP contribution in [0.25, 0.3) is 0 Å². The van der Waals surface area contributed by atoms with Crippen LogP contribution in [0.4, 0.5) is 4.39 Å². The Labute approximate surface area is 70.2 Å². The molecule has 1 nitrogen and oxygen atoms in total. The van der Waals surface area contributed by atoms with Crippen molar-refractivity contribution in [1.82, 2.24) is 0 Å². The van der Waals surface area contributed by atoms with Gasteiger partial charge in [0.05, 0.1) is 0 Å². The van der Waals surface area contributed by atoms with Gasteiger partial charge in [-0.15, -0.1) is 0 Å². The Kier molecular flexibility index (Phi) is 1.68. The topological polar surface area (TPSA) is 17.1 Å². The van der Waals surface area contributed by atoms with Crippen molar-refractivity contribution in [3.8, 4) is 0 Å². The zero-order valence-electron chi connectivity index (χ0n) is 6.53. The molecule has 0 heterocycles. The normalized spacial score (nSPS) is 26.8. The minimum atomic E-state index is -0.220. The summed E-state index contributed by atoms with van der Waals surface area (Å²) in [5.74, 6) is 0.306. The lowest BCUT2D eigenvalue weighted by molar-refractivity contribution is -0.108. The van der Waals surface area contributed by atoms with Crippen LogP contribution in [0.1, 0.15) is 17.9 Å². The first-order valence-corrected chi connectivity index (χ1v) is 4.02. The molecule has 0 N–H and O–H groups in total. The van der Waals surface area contributed by atoms with Crippen molar-refractivity contribution in [1.29, 1.82) is 0 Å². The number of hydrogen-bond acceptors (Lipinski definition) is 1. The van der Waals surface area contributed by atoms with Gasteiger partial charge in [0.1, 0.15) is 12.1 Å². The number of carbonyl (C=O) groups is 1. The van der Waals surface area contributed by atoms with Crippen LogP contribution < -0.4 is 0 Å². The number of halogens is 1. The fourth-order valence-electron chi connectivity index (χ4n) is 1.46. The second-order valence-electron chi connectivity index (χ2n) is 3.19. The van der Waals surface area contributed by atoms with Gasteiger partial charge in [-0.1, -0.05) is 12.1 Å². The molecule has 62 valence electrons. The maximum Gasteiger partial charge on any atom is 0.123 e. The van der Waals surface area contributed by atoms with Crippen molar-refractivity contribution in [3.05, 3.63) is 35.6 Å². The van der Waals surface area contributed by atoms with Crippen LogP contribution in [0.2, 0.25) is 0 Å². The molecule has 0 aromatic heterocycles. The molecule has 12 heavy (non-hydrogen) atoms. The van der Waals surface area contributed by atoms with Gasteiger partial charge >= 0.3 is 0 Å². The van der Waals surface area contributed by atoms with Crippen LogP contribution in [0, 0.1) is 11.7 Å². The Morgan fingerprint density at radius 2 is 2.00 bits per heavy atom. The number of aldehydes is 1. The van der Waals surface area contributed by atoms with Crippen molar-refractivity contribution in [2.24, 2.45) is 5.92 Å². The van der Waals surface area contributed by atoms with E-state index in [2.05, 4.69) is 0 Å². The van der Waals surface area contributed by atoms with E-state index in [-0.39, 0.29) is 11.7 Å². The van der Waals surface area contributed by atoms with Crippen LogP contribution in [0.15, 0.2) is 24.3 Å². The third-order valence-electron chi connectivity index (χ3n) is 2.31. The average molecular weight is 164 g/mol. The molecule has 1 aliphatic rings. The maximum absolute atomic E-state index is 12.5. The van der Waals surface area contributed by atoms with Crippen molar-refractivity contribution in [2.45, 2.75) is 12.3 Å². The van der Waals surface area contributed by atoms with E-state index in [1.165, 1.54) is 12.1 Å². The summed E-state index contributed by atoms with van der Waals surface area (Å²) in [6.45, 7) is 0. The average Bonchev–Trinajstić information content (AvgIpc) is 2.85. The van der Waals surface area contributed by atoms with E-state index in [1.807, 2.05) is 0 Å². The third kappa shape index (κ3) is 1.24. The van der Waals surface area contributed by atoms with Crippen LogP contribution in [-0.4, -0.2) is 6.29 Å². The largest absolute Gasteiger partial charge is 0.303 e. The maximum atomic E-state index is 12.5. The first kappa shape index (κ1) is 7.47. The molecule has 0 spiro atoms. The molecule has 2 unspecified atom stereocenters. The molecule has 2 heteroatoms. The van der Waals surface area contributed by atoms with E-state index in [4.69, 9.17) is 0 Å². The van der Waals surface area contributed by atoms with Crippen molar-refractivity contribution < 1.29 is 9.18 Å². The second kappa shape index (κ2) is 2.70.